The number of benzene rings is 2. The first-order chi connectivity index (χ1) is 18.3. The summed E-state index contributed by atoms with van der Waals surface area (Å²) in [7, 11) is 4.43. The van der Waals surface area contributed by atoms with E-state index in [1.807, 2.05) is 32.0 Å². The van der Waals surface area contributed by atoms with Crippen LogP contribution in [0.3, 0.4) is 0 Å². The van der Waals surface area contributed by atoms with E-state index < -0.39 is 6.29 Å². The second-order valence-corrected chi connectivity index (χ2v) is 11.6. The molecule has 0 aromatic heterocycles. The van der Waals surface area contributed by atoms with Crippen molar-refractivity contribution in [2.45, 2.75) is 111 Å². The summed E-state index contributed by atoms with van der Waals surface area (Å²) in [5, 5.41) is 0. The molecule has 2 aromatic carbocycles. The van der Waals surface area contributed by atoms with Crippen molar-refractivity contribution in [3.63, 3.8) is 0 Å². The fourth-order valence-electron chi connectivity index (χ4n) is 4.82. The number of carbonyl (C=O) groups is 1. The number of hydrogen-bond acceptors (Lipinski definition) is 3. The number of rotatable bonds is 20. The Morgan fingerprint density at radius 3 is 2.11 bits per heavy atom. The molecule has 0 aliphatic rings. The van der Waals surface area contributed by atoms with E-state index >= 15 is 0 Å². The first-order valence-electron chi connectivity index (χ1n) is 15.1. The lowest BCUT2D eigenvalue weighted by atomic mass is 10.0. The maximum Gasteiger partial charge on any atom is 0.311 e. The van der Waals surface area contributed by atoms with Gasteiger partial charge >= 0.3 is 5.97 Å². The fraction of sp³-hybridized carbons (Fsp3) is 0.618. The van der Waals surface area contributed by atoms with E-state index in [4.69, 9.17) is 9.47 Å². The van der Waals surface area contributed by atoms with Gasteiger partial charge in [0.25, 0.3) is 0 Å². The minimum atomic E-state index is -0.556. The Kier molecular flexibility index (Phi) is 15.1. The van der Waals surface area contributed by atoms with Gasteiger partial charge in [-0.25, -0.2) is 0 Å². The van der Waals surface area contributed by atoms with Crippen molar-refractivity contribution in [1.82, 2.24) is 0 Å². The van der Waals surface area contributed by atoms with Crippen molar-refractivity contribution < 1.29 is 18.8 Å². The normalized spacial score (nSPS) is 13.2. The highest BCUT2D eigenvalue weighted by Crippen LogP contribution is 2.20. The monoisotopic (exact) mass is 524 g/mol. The van der Waals surface area contributed by atoms with E-state index in [9.17, 15) is 4.79 Å². The minimum absolute atomic E-state index is 0.168. The first-order valence-corrected chi connectivity index (χ1v) is 15.1. The number of carbonyl (C=O) groups excluding carboxylic acids is 1. The number of esters is 1. The van der Waals surface area contributed by atoms with Crippen LogP contribution in [0.1, 0.15) is 103 Å². The molecule has 0 radical (unpaired) electrons. The zero-order valence-corrected chi connectivity index (χ0v) is 24.9. The quantitative estimate of drug-likeness (QED) is 0.0752. The molecule has 0 aliphatic carbocycles. The Balaban J connectivity index is 1.72. The molecule has 4 nitrogen and oxygen atoms in total. The van der Waals surface area contributed by atoms with Gasteiger partial charge in [-0.15, -0.1) is 0 Å². The second kappa shape index (κ2) is 18.0. The van der Waals surface area contributed by atoms with Crippen molar-refractivity contribution >= 4 is 5.97 Å². The third-order valence-corrected chi connectivity index (χ3v) is 7.34. The van der Waals surface area contributed by atoms with Crippen LogP contribution in [0, 0.1) is 5.92 Å². The van der Waals surface area contributed by atoms with E-state index in [1.54, 1.807) is 0 Å². The van der Waals surface area contributed by atoms with Crippen LogP contribution in [-0.2, 0) is 22.5 Å². The standard InChI is InChI=1S/C34H54NO3/c1-6-8-9-10-11-12-13-14-16-20-30-23-19-24-32(27-30)37-33(7-2)38-34(36)29(3)25-26-35(4,5)28-31-21-17-15-18-22-31/h15,17-19,21-24,27,29,33H,6-14,16,20,25-26,28H2,1-5H3/q+1. The van der Waals surface area contributed by atoms with E-state index in [1.165, 1.54) is 68.9 Å². The largest absolute Gasteiger partial charge is 0.455 e. The van der Waals surface area contributed by atoms with Crippen molar-refractivity contribution in [1.29, 1.82) is 0 Å². The Morgan fingerprint density at radius 2 is 1.45 bits per heavy atom. The van der Waals surface area contributed by atoms with E-state index in [0.717, 1.165) is 36.2 Å². The smallest absolute Gasteiger partial charge is 0.311 e. The number of aryl methyl sites for hydroxylation is 1. The van der Waals surface area contributed by atoms with Crippen LogP contribution in [0.5, 0.6) is 5.75 Å². The lowest BCUT2D eigenvalue weighted by Crippen LogP contribution is -2.41. The van der Waals surface area contributed by atoms with Crippen molar-refractivity contribution in [2.24, 2.45) is 5.92 Å². The summed E-state index contributed by atoms with van der Waals surface area (Å²) in [6, 6.07) is 18.8. The molecule has 2 unspecified atom stereocenters. The number of unbranched alkanes of at least 4 members (excludes halogenated alkanes) is 8. The predicted molar refractivity (Wildman–Crippen MR) is 159 cm³/mol. The molecule has 0 fully saturated rings. The highest BCUT2D eigenvalue weighted by Gasteiger charge is 2.24. The van der Waals surface area contributed by atoms with Gasteiger partial charge in [-0.3, -0.25) is 4.79 Å². The topological polar surface area (TPSA) is 35.5 Å². The van der Waals surface area contributed by atoms with Crippen molar-refractivity contribution in [2.75, 3.05) is 20.6 Å². The van der Waals surface area contributed by atoms with Gasteiger partial charge in [0.05, 0.1) is 26.6 Å². The predicted octanol–water partition coefficient (Wildman–Crippen LogP) is 8.72. The van der Waals surface area contributed by atoms with Crippen LogP contribution in [0.15, 0.2) is 54.6 Å². The van der Waals surface area contributed by atoms with E-state index in [2.05, 4.69) is 57.4 Å². The summed E-state index contributed by atoms with van der Waals surface area (Å²) in [5.41, 5.74) is 2.60. The third-order valence-electron chi connectivity index (χ3n) is 7.34. The Bertz CT molecular complexity index is 896. The molecule has 0 saturated heterocycles. The summed E-state index contributed by atoms with van der Waals surface area (Å²) >= 11 is 0. The summed E-state index contributed by atoms with van der Waals surface area (Å²) in [6.07, 6.45) is 14.0. The first kappa shape index (κ1) is 31.9. The van der Waals surface area contributed by atoms with Crippen LogP contribution >= 0.6 is 0 Å². The molecule has 2 aromatic rings. The molecule has 0 saturated carbocycles. The van der Waals surface area contributed by atoms with Gasteiger partial charge in [0, 0.05) is 18.4 Å². The molecule has 212 valence electrons. The van der Waals surface area contributed by atoms with Gasteiger partial charge in [0.1, 0.15) is 12.3 Å². The van der Waals surface area contributed by atoms with Gasteiger partial charge in [-0.2, -0.15) is 0 Å². The third kappa shape index (κ3) is 13.5. The SMILES string of the molecule is CCCCCCCCCCCc1cccc(OC(CC)OC(=O)C(C)CC[N+](C)(C)Cc2ccccc2)c1. The zero-order chi connectivity index (χ0) is 27.6. The van der Waals surface area contributed by atoms with Crippen molar-refractivity contribution in [3.8, 4) is 5.75 Å². The maximum absolute atomic E-state index is 12.8. The van der Waals surface area contributed by atoms with Gasteiger partial charge < -0.3 is 14.0 Å². The number of quaternary nitrogens is 1. The second-order valence-electron chi connectivity index (χ2n) is 11.6. The average molecular weight is 525 g/mol. The minimum Gasteiger partial charge on any atom is -0.455 e. The molecule has 0 N–H and O–H groups in total. The number of nitrogens with zero attached hydrogens (tertiary/aromatic N) is 1. The van der Waals surface area contributed by atoms with Crippen LogP contribution in [0.4, 0.5) is 0 Å². The van der Waals surface area contributed by atoms with E-state index in [0.29, 0.717) is 6.42 Å². The van der Waals surface area contributed by atoms with Crippen LogP contribution in [-0.4, -0.2) is 37.4 Å². The highest BCUT2D eigenvalue weighted by atomic mass is 16.7. The molecule has 0 spiro atoms. The Hall–Kier alpha value is -2.33. The van der Waals surface area contributed by atoms with Gasteiger partial charge in [0.2, 0.25) is 6.29 Å². The van der Waals surface area contributed by atoms with Gasteiger partial charge in [-0.05, 0) is 30.5 Å². The lowest BCUT2D eigenvalue weighted by molar-refractivity contribution is -0.904. The summed E-state index contributed by atoms with van der Waals surface area (Å²) in [5.74, 6) is 0.438. The molecule has 2 atom stereocenters. The van der Waals surface area contributed by atoms with Crippen LogP contribution in [0.2, 0.25) is 0 Å². The molecule has 0 amide bonds. The molecule has 0 aliphatic heterocycles. The summed E-state index contributed by atoms with van der Waals surface area (Å²) in [6.45, 7) is 8.08. The van der Waals surface area contributed by atoms with E-state index in [-0.39, 0.29) is 11.9 Å². The van der Waals surface area contributed by atoms with Gasteiger partial charge in [-0.1, -0.05) is 115 Å². The average Bonchev–Trinajstić information content (AvgIpc) is 2.91. The summed E-state index contributed by atoms with van der Waals surface area (Å²) in [4.78, 5) is 12.8. The number of hydrogen-bond donors (Lipinski definition) is 0. The number of ether oxygens (including phenoxy) is 2. The molecule has 0 bridgehead atoms. The molecular formula is C34H54NO3+. The van der Waals surface area contributed by atoms with Crippen LogP contribution < -0.4 is 4.74 Å². The Morgan fingerprint density at radius 1 is 0.816 bits per heavy atom. The zero-order valence-electron chi connectivity index (χ0n) is 24.9. The molecule has 4 heteroatoms. The molecule has 0 heterocycles. The fourth-order valence-corrected chi connectivity index (χ4v) is 4.82. The molecular weight excluding hydrogens is 470 g/mol. The molecule has 2 rings (SSSR count). The van der Waals surface area contributed by atoms with Crippen molar-refractivity contribution in [3.05, 3.63) is 65.7 Å². The summed E-state index contributed by atoms with van der Waals surface area (Å²) < 4.78 is 12.7. The van der Waals surface area contributed by atoms with Gasteiger partial charge in [0.15, 0.2) is 0 Å². The Labute approximate surface area is 233 Å². The lowest BCUT2D eigenvalue weighted by Gasteiger charge is -2.31. The highest BCUT2D eigenvalue weighted by molar-refractivity contribution is 5.72. The maximum atomic E-state index is 12.8. The molecule has 38 heavy (non-hydrogen) atoms. The van der Waals surface area contributed by atoms with Crippen LogP contribution in [0.25, 0.3) is 0 Å².